The molecule has 0 aromatic heterocycles. The zero-order valence-electron chi connectivity index (χ0n) is 8.09. The summed E-state index contributed by atoms with van der Waals surface area (Å²) in [4.78, 5) is 2.03. The van der Waals surface area contributed by atoms with E-state index >= 15 is 0 Å². The second-order valence-corrected chi connectivity index (χ2v) is 3.73. The van der Waals surface area contributed by atoms with Crippen LogP contribution in [0.2, 0.25) is 0 Å². The maximum absolute atomic E-state index is 13.2. The van der Waals surface area contributed by atoms with Crippen LogP contribution in [0.3, 0.4) is 0 Å². The molecule has 72 valence electrons. The van der Waals surface area contributed by atoms with E-state index in [1.54, 1.807) is 0 Å². The Morgan fingerprint density at radius 1 is 1.58 bits per heavy atom. The van der Waals surface area contributed by atoms with Crippen LogP contribution in [0.1, 0.15) is 20.3 Å². The number of rotatable bonds is 3. The number of hydrogen-bond acceptors (Lipinski definition) is 2. The summed E-state index contributed by atoms with van der Waals surface area (Å²) in [6.45, 7) is 5.33. The summed E-state index contributed by atoms with van der Waals surface area (Å²) < 4.78 is 18.6. The van der Waals surface area contributed by atoms with Crippen LogP contribution in [0, 0.1) is 0 Å². The molecule has 1 rings (SSSR count). The summed E-state index contributed by atoms with van der Waals surface area (Å²) in [5.41, 5.74) is 0. The monoisotopic (exact) mass is 175 g/mol. The van der Waals surface area contributed by atoms with E-state index in [9.17, 15) is 4.39 Å². The highest BCUT2D eigenvalue weighted by Gasteiger charge is 2.31. The Bertz CT molecular complexity index is 130. The predicted molar refractivity (Wildman–Crippen MR) is 47.0 cm³/mol. The molecule has 1 aliphatic heterocycles. The summed E-state index contributed by atoms with van der Waals surface area (Å²) in [6.07, 6.45) is 0.155. The van der Waals surface area contributed by atoms with E-state index < -0.39 is 6.17 Å². The lowest BCUT2D eigenvalue weighted by Crippen LogP contribution is -2.35. The maximum Gasteiger partial charge on any atom is 0.119 e. The minimum absolute atomic E-state index is 0.0209. The van der Waals surface area contributed by atoms with Crippen LogP contribution in [-0.4, -0.2) is 43.4 Å². The van der Waals surface area contributed by atoms with Gasteiger partial charge in [-0.15, -0.1) is 0 Å². The first-order chi connectivity index (χ1) is 5.61. The van der Waals surface area contributed by atoms with Crippen LogP contribution >= 0.6 is 0 Å². The minimum atomic E-state index is -0.700. The van der Waals surface area contributed by atoms with Crippen molar-refractivity contribution in [3.8, 4) is 0 Å². The van der Waals surface area contributed by atoms with E-state index in [1.165, 1.54) is 0 Å². The third-order valence-electron chi connectivity index (χ3n) is 2.34. The molecule has 1 fully saturated rings. The largest absolute Gasteiger partial charge is 0.377 e. The average Bonchev–Trinajstić information content (AvgIpc) is 2.28. The normalized spacial score (nSPS) is 31.8. The molecular weight excluding hydrogens is 157 g/mol. The molecule has 2 nitrogen and oxygen atoms in total. The second-order valence-electron chi connectivity index (χ2n) is 3.73. The Morgan fingerprint density at radius 2 is 2.25 bits per heavy atom. The van der Waals surface area contributed by atoms with Crippen molar-refractivity contribution in [1.82, 2.24) is 4.90 Å². The number of ether oxygens (including phenoxy) is 1. The van der Waals surface area contributed by atoms with Gasteiger partial charge in [0.25, 0.3) is 0 Å². The first-order valence-electron chi connectivity index (χ1n) is 4.57. The molecule has 1 heterocycles. The van der Waals surface area contributed by atoms with E-state index in [-0.39, 0.29) is 12.1 Å². The van der Waals surface area contributed by atoms with Crippen LogP contribution in [-0.2, 0) is 4.74 Å². The standard InChI is InChI=1S/C9H18FNO/c1-7(2)12-6-9-8(10)4-5-11(9)3/h7-9H,4-6H2,1-3H3/t8-,9+/m1/s1. The van der Waals surface area contributed by atoms with Gasteiger partial charge in [-0.25, -0.2) is 4.39 Å². The lowest BCUT2D eigenvalue weighted by Gasteiger charge is -2.21. The number of hydrogen-bond donors (Lipinski definition) is 0. The van der Waals surface area contributed by atoms with E-state index in [1.807, 2.05) is 25.8 Å². The topological polar surface area (TPSA) is 12.5 Å². The van der Waals surface area contributed by atoms with E-state index in [4.69, 9.17) is 4.74 Å². The Morgan fingerprint density at radius 3 is 2.67 bits per heavy atom. The van der Waals surface area contributed by atoms with Crippen LogP contribution in [0.15, 0.2) is 0 Å². The molecule has 0 spiro atoms. The van der Waals surface area contributed by atoms with Gasteiger partial charge < -0.3 is 4.74 Å². The van der Waals surface area contributed by atoms with Gasteiger partial charge in [0.15, 0.2) is 0 Å². The van der Waals surface area contributed by atoms with Crippen molar-refractivity contribution in [2.75, 3.05) is 20.2 Å². The summed E-state index contributed by atoms with van der Waals surface area (Å²) in [6, 6.07) is -0.0209. The highest BCUT2D eigenvalue weighted by molar-refractivity contribution is 4.84. The van der Waals surface area contributed by atoms with Gasteiger partial charge in [-0.3, -0.25) is 4.90 Å². The highest BCUT2D eigenvalue weighted by Crippen LogP contribution is 2.19. The molecule has 0 aromatic rings. The van der Waals surface area contributed by atoms with Crippen LogP contribution in [0.4, 0.5) is 4.39 Å². The molecule has 0 unspecified atom stereocenters. The van der Waals surface area contributed by atoms with Crippen molar-refractivity contribution < 1.29 is 9.13 Å². The fourth-order valence-electron chi connectivity index (χ4n) is 1.48. The lowest BCUT2D eigenvalue weighted by molar-refractivity contribution is 0.0273. The molecule has 12 heavy (non-hydrogen) atoms. The van der Waals surface area contributed by atoms with Crippen molar-refractivity contribution in [3.05, 3.63) is 0 Å². The first kappa shape index (κ1) is 9.93. The third-order valence-corrected chi connectivity index (χ3v) is 2.34. The Kier molecular flexibility index (Phi) is 3.47. The molecule has 0 aromatic carbocycles. The fraction of sp³-hybridized carbons (Fsp3) is 1.00. The number of halogens is 1. The molecule has 0 radical (unpaired) electrons. The van der Waals surface area contributed by atoms with Gasteiger partial charge >= 0.3 is 0 Å². The minimum Gasteiger partial charge on any atom is -0.377 e. The molecular formula is C9H18FNO. The molecule has 0 N–H and O–H groups in total. The zero-order valence-corrected chi connectivity index (χ0v) is 8.09. The Balaban J connectivity index is 2.29. The van der Waals surface area contributed by atoms with Gasteiger partial charge in [0.2, 0.25) is 0 Å². The second kappa shape index (κ2) is 4.19. The first-order valence-corrected chi connectivity index (χ1v) is 4.57. The Hall–Kier alpha value is -0.150. The van der Waals surface area contributed by atoms with E-state index in [0.29, 0.717) is 13.0 Å². The quantitative estimate of drug-likeness (QED) is 0.643. The van der Waals surface area contributed by atoms with Crippen molar-refractivity contribution in [2.24, 2.45) is 0 Å². The molecule has 3 heteroatoms. The lowest BCUT2D eigenvalue weighted by atomic mass is 10.2. The predicted octanol–water partition coefficient (Wildman–Crippen LogP) is 1.45. The number of nitrogens with zero attached hydrogens (tertiary/aromatic N) is 1. The van der Waals surface area contributed by atoms with Crippen molar-refractivity contribution in [1.29, 1.82) is 0 Å². The zero-order chi connectivity index (χ0) is 9.14. The van der Waals surface area contributed by atoms with Gasteiger partial charge in [0.05, 0.1) is 18.8 Å². The number of alkyl halides is 1. The Labute approximate surface area is 73.7 Å². The molecule has 1 aliphatic rings. The van der Waals surface area contributed by atoms with Crippen LogP contribution in [0.5, 0.6) is 0 Å². The van der Waals surface area contributed by atoms with Crippen LogP contribution < -0.4 is 0 Å². The van der Waals surface area contributed by atoms with Crippen molar-refractivity contribution >= 4 is 0 Å². The molecule has 0 aliphatic carbocycles. The third kappa shape index (κ3) is 2.42. The van der Waals surface area contributed by atoms with Gasteiger partial charge in [-0.1, -0.05) is 0 Å². The molecule has 0 amide bonds. The SMILES string of the molecule is CC(C)OC[C@H]1[C@H](F)CCN1C. The summed E-state index contributed by atoms with van der Waals surface area (Å²) in [7, 11) is 1.95. The van der Waals surface area contributed by atoms with E-state index in [2.05, 4.69) is 0 Å². The molecule has 0 bridgehead atoms. The summed E-state index contributed by atoms with van der Waals surface area (Å²) in [5.74, 6) is 0. The fourth-order valence-corrected chi connectivity index (χ4v) is 1.48. The molecule has 0 saturated carbocycles. The van der Waals surface area contributed by atoms with Crippen molar-refractivity contribution in [3.63, 3.8) is 0 Å². The number of likely N-dealkylation sites (tertiary alicyclic amines) is 1. The molecule has 2 atom stereocenters. The van der Waals surface area contributed by atoms with Gasteiger partial charge in [-0.05, 0) is 27.3 Å². The van der Waals surface area contributed by atoms with Crippen molar-refractivity contribution in [2.45, 2.75) is 38.6 Å². The van der Waals surface area contributed by atoms with E-state index in [0.717, 1.165) is 6.54 Å². The highest BCUT2D eigenvalue weighted by atomic mass is 19.1. The molecule has 1 saturated heterocycles. The van der Waals surface area contributed by atoms with Crippen LogP contribution in [0.25, 0.3) is 0 Å². The number of likely N-dealkylation sites (N-methyl/N-ethyl adjacent to an activating group) is 1. The maximum atomic E-state index is 13.2. The average molecular weight is 175 g/mol. The van der Waals surface area contributed by atoms with Gasteiger partial charge in [-0.2, -0.15) is 0 Å². The smallest absolute Gasteiger partial charge is 0.119 e. The van der Waals surface area contributed by atoms with Gasteiger partial charge in [0, 0.05) is 6.54 Å². The summed E-state index contributed by atoms with van der Waals surface area (Å²) in [5, 5.41) is 0. The van der Waals surface area contributed by atoms with Gasteiger partial charge in [0.1, 0.15) is 6.17 Å². The summed E-state index contributed by atoms with van der Waals surface area (Å²) >= 11 is 0.